The average molecular weight is 292 g/mol. The molecule has 0 aromatic heterocycles. The van der Waals surface area contributed by atoms with E-state index in [1.54, 1.807) is 0 Å². The Balaban J connectivity index is 2.72. The van der Waals surface area contributed by atoms with Crippen LogP contribution < -0.4 is 0 Å². The van der Waals surface area contributed by atoms with Crippen LogP contribution >= 0.6 is 0 Å². The zero-order valence-corrected chi connectivity index (χ0v) is 14.0. The molecule has 0 N–H and O–H groups in total. The topological polar surface area (TPSA) is 46.2 Å². The second kappa shape index (κ2) is 7.15. The molecule has 0 amide bonds. The molecule has 0 radical (unpaired) electrons. The Labute approximate surface area is 117 Å². The molecule has 6 heteroatoms. The molecule has 114 valence electrons. The van der Waals surface area contributed by atoms with Gasteiger partial charge in [0, 0.05) is 19.3 Å². The van der Waals surface area contributed by atoms with Gasteiger partial charge in [-0.15, -0.1) is 0 Å². The summed E-state index contributed by atoms with van der Waals surface area (Å²) in [5, 5.41) is 0. The molecule has 0 aromatic rings. The fraction of sp³-hybridized carbons (Fsp3) is 1.00. The SMILES string of the molecule is CCO[Si](CC)(OCC)OC(C)C1(C)OCC(C)O1. The fourth-order valence-electron chi connectivity index (χ4n) is 2.18. The van der Waals surface area contributed by atoms with Gasteiger partial charge in [-0.3, -0.25) is 0 Å². The summed E-state index contributed by atoms with van der Waals surface area (Å²) in [4.78, 5) is 0. The van der Waals surface area contributed by atoms with Crippen molar-refractivity contribution in [3.63, 3.8) is 0 Å². The van der Waals surface area contributed by atoms with Gasteiger partial charge >= 0.3 is 8.80 Å². The van der Waals surface area contributed by atoms with E-state index in [4.69, 9.17) is 22.8 Å². The molecular weight excluding hydrogens is 264 g/mol. The smallest absolute Gasteiger partial charge is 0.374 e. The first kappa shape index (κ1) is 17.1. The molecule has 3 atom stereocenters. The summed E-state index contributed by atoms with van der Waals surface area (Å²) in [6.07, 6.45) is -0.143. The van der Waals surface area contributed by atoms with Crippen LogP contribution in [0.4, 0.5) is 0 Å². The van der Waals surface area contributed by atoms with E-state index in [-0.39, 0.29) is 12.2 Å². The summed E-state index contributed by atoms with van der Waals surface area (Å²) in [6.45, 7) is 13.6. The van der Waals surface area contributed by atoms with Crippen molar-refractivity contribution in [1.29, 1.82) is 0 Å². The molecular formula is C13H28O5Si. The molecule has 0 saturated carbocycles. The monoisotopic (exact) mass is 292 g/mol. The van der Waals surface area contributed by atoms with Crippen LogP contribution in [0.1, 0.15) is 41.5 Å². The van der Waals surface area contributed by atoms with Crippen LogP contribution in [0.3, 0.4) is 0 Å². The third-order valence-corrected chi connectivity index (χ3v) is 6.33. The van der Waals surface area contributed by atoms with Crippen molar-refractivity contribution < 1.29 is 22.8 Å². The molecule has 3 unspecified atom stereocenters. The molecule has 1 aliphatic heterocycles. The predicted octanol–water partition coefficient (Wildman–Crippen LogP) is 2.57. The van der Waals surface area contributed by atoms with Gasteiger partial charge in [-0.1, -0.05) is 6.92 Å². The van der Waals surface area contributed by atoms with Gasteiger partial charge in [0.05, 0.1) is 12.7 Å². The van der Waals surface area contributed by atoms with E-state index in [9.17, 15) is 0 Å². The third-order valence-electron chi connectivity index (χ3n) is 3.30. The number of hydrogen-bond acceptors (Lipinski definition) is 5. The predicted molar refractivity (Wildman–Crippen MR) is 74.9 cm³/mol. The molecule has 1 rings (SSSR count). The Kier molecular flexibility index (Phi) is 6.42. The maximum Gasteiger partial charge on any atom is 0.501 e. The van der Waals surface area contributed by atoms with Gasteiger partial charge in [0.15, 0.2) is 5.79 Å². The molecule has 0 spiro atoms. The summed E-state index contributed by atoms with van der Waals surface area (Å²) in [5.41, 5.74) is 0. The second-order valence-corrected chi connectivity index (χ2v) is 7.80. The van der Waals surface area contributed by atoms with Crippen LogP contribution in [0.15, 0.2) is 0 Å². The summed E-state index contributed by atoms with van der Waals surface area (Å²) in [6, 6.07) is 0.741. The maximum atomic E-state index is 6.15. The average Bonchev–Trinajstić information content (AvgIpc) is 2.71. The van der Waals surface area contributed by atoms with Gasteiger partial charge in [0.2, 0.25) is 0 Å². The minimum absolute atomic E-state index is 0.0907. The standard InChI is InChI=1S/C13H28O5Si/c1-7-15-19(9-3,16-8-2)18-12(5)13(6)14-10-11(4)17-13/h11-12H,7-10H2,1-6H3. The zero-order valence-electron chi connectivity index (χ0n) is 13.0. The fourth-order valence-corrected chi connectivity index (χ4v) is 4.60. The molecule has 1 saturated heterocycles. The quantitative estimate of drug-likeness (QED) is 0.643. The Morgan fingerprint density at radius 2 is 1.84 bits per heavy atom. The summed E-state index contributed by atoms with van der Waals surface area (Å²) >= 11 is 0. The van der Waals surface area contributed by atoms with Crippen molar-refractivity contribution >= 4 is 8.80 Å². The lowest BCUT2D eigenvalue weighted by Gasteiger charge is -2.36. The van der Waals surface area contributed by atoms with Crippen molar-refractivity contribution in [3.05, 3.63) is 0 Å². The van der Waals surface area contributed by atoms with Crippen LogP contribution in [0, 0.1) is 0 Å². The van der Waals surface area contributed by atoms with E-state index in [1.807, 2.05) is 41.5 Å². The molecule has 0 aliphatic carbocycles. The van der Waals surface area contributed by atoms with E-state index in [2.05, 4.69) is 0 Å². The largest absolute Gasteiger partial charge is 0.501 e. The zero-order chi connectivity index (χ0) is 14.5. The van der Waals surface area contributed by atoms with Crippen molar-refractivity contribution in [1.82, 2.24) is 0 Å². The van der Waals surface area contributed by atoms with Crippen LogP contribution in [-0.2, 0) is 22.8 Å². The first-order valence-corrected chi connectivity index (χ1v) is 9.12. The van der Waals surface area contributed by atoms with E-state index >= 15 is 0 Å². The highest BCUT2D eigenvalue weighted by molar-refractivity contribution is 6.60. The van der Waals surface area contributed by atoms with E-state index in [0.717, 1.165) is 6.04 Å². The van der Waals surface area contributed by atoms with Crippen molar-refractivity contribution in [3.8, 4) is 0 Å². The summed E-state index contributed by atoms with van der Waals surface area (Å²) in [5.74, 6) is -0.721. The minimum atomic E-state index is -2.63. The summed E-state index contributed by atoms with van der Waals surface area (Å²) < 4.78 is 29.3. The van der Waals surface area contributed by atoms with Crippen molar-refractivity contribution in [2.75, 3.05) is 19.8 Å². The first-order valence-electron chi connectivity index (χ1n) is 7.18. The third kappa shape index (κ3) is 4.24. The molecule has 1 fully saturated rings. The van der Waals surface area contributed by atoms with Crippen LogP contribution in [0.2, 0.25) is 6.04 Å². The molecule has 5 nitrogen and oxygen atoms in total. The van der Waals surface area contributed by atoms with Crippen LogP contribution in [-0.4, -0.2) is 46.6 Å². The lowest BCUT2D eigenvalue weighted by Crippen LogP contribution is -2.53. The van der Waals surface area contributed by atoms with Crippen LogP contribution in [0.5, 0.6) is 0 Å². The second-order valence-electron chi connectivity index (χ2n) is 4.92. The highest BCUT2D eigenvalue weighted by Gasteiger charge is 2.48. The number of rotatable bonds is 8. The Hall–Kier alpha value is 0.0169. The van der Waals surface area contributed by atoms with E-state index in [0.29, 0.717) is 19.8 Å². The van der Waals surface area contributed by atoms with Gasteiger partial charge in [-0.2, -0.15) is 0 Å². The lowest BCUT2D eigenvalue weighted by molar-refractivity contribution is -0.212. The van der Waals surface area contributed by atoms with Gasteiger partial charge in [-0.05, 0) is 34.6 Å². The highest BCUT2D eigenvalue weighted by Crippen LogP contribution is 2.31. The van der Waals surface area contributed by atoms with Gasteiger partial charge in [0.25, 0.3) is 0 Å². The van der Waals surface area contributed by atoms with E-state index in [1.165, 1.54) is 0 Å². The lowest BCUT2D eigenvalue weighted by atomic mass is 10.2. The minimum Gasteiger partial charge on any atom is -0.374 e. The normalized spacial score (nSPS) is 29.7. The Bertz CT molecular complexity index is 270. The highest BCUT2D eigenvalue weighted by atomic mass is 28.4. The Morgan fingerprint density at radius 3 is 2.21 bits per heavy atom. The van der Waals surface area contributed by atoms with Gasteiger partial charge in [-0.25, -0.2) is 0 Å². The van der Waals surface area contributed by atoms with Gasteiger partial charge < -0.3 is 22.8 Å². The van der Waals surface area contributed by atoms with Crippen molar-refractivity contribution in [2.24, 2.45) is 0 Å². The van der Waals surface area contributed by atoms with Crippen molar-refractivity contribution in [2.45, 2.75) is 65.6 Å². The maximum absolute atomic E-state index is 6.15. The van der Waals surface area contributed by atoms with Crippen LogP contribution in [0.25, 0.3) is 0 Å². The van der Waals surface area contributed by atoms with Gasteiger partial charge in [0.1, 0.15) is 6.10 Å². The molecule has 1 aliphatic rings. The molecule has 1 heterocycles. The molecule has 19 heavy (non-hydrogen) atoms. The molecule has 0 aromatic carbocycles. The number of ether oxygens (including phenoxy) is 2. The summed E-state index contributed by atoms with van der Waals surface area (Å²) in [7, 11) is -2.63. The van der Waals surface area contributed by atoms with E-state index < -0.39 is 14.6 Å². The molecule has 0 bridgehead atoms. The first-order chi connectivity index (χ1) is 8.91. The number of hydrogen-bond donors (Lipinski definition) is 0. The Morgan fingerprint density at radius 1 is 1.26 bits per heavy atom.